The van der Waals surface area contributed by atoms with Crippen LogP contribution in [0.3, 0.4) is 0 Å². The van der Waals surface area contributed by atoms with Crippen molar-refractivity contribution >= 4 is 5.97 Å². The normalized spacial score (nSPS) is 19.3. The molecule has 0 amide bonds. The number of aromatic nitrogens is 1. The third-order valence-corrected chi connectivity index (χ3v) is 4.95. The number of esters is 1. The van der Waals surface area contributed by atoms with Gasteiger partial charge in [0.05, 0.1) is 25.5 Å². The summed E-state index contributed by atoms with van der Waals surface area (Å²) in [4.78, 5) is 18.1. The summed E-state index contributed by atoms with van der Waals surface area (Å²) in [5, 5.41) is 0. The predicted molar refractivity (Wildman–Crippen MR) is 101 cm³/mol. The maximum Gasteiger partial charge on any atom is 0.308 e. The fourth-order valence-electron chi connectivity index (χ4n) is 3.59. The van der Waals surface area contributed by atoms with Gasteiger partial charge in [-0.1, -0.05) is 18.2 Å². The predicted octanol–water partition coefficient (Wildman–Crippen LogP) is 2.76. The van der Waals surface area contributed by atoms with E-state index in [2.05, 4.69) is 9.88 Å². The van der Waals surface area contributed by atoms with Gasteiger partial charge < -0.3 is 18.9 Å². The molecule has 4 rings (SSSR count). The van der Waals surface area contributed by atoms with E-state index in [0.717, 1.165) is 41.2 Å². The second-order valence-corrected chi connectivity index (χ2v) is 6.91. The third-order valence-electron chi connectivity index (χ3n) is 4.95. The first kappa shape index (κ1) is 18.9. The van der Waals surface area contributed by atoms with Crippen molar-refractivity contribution in [3.63, 3.8) is 0 Å². The number of carbonyl (C=O) groups excluding carboxylic acids is 1. The molecule has 148 valence electrons. The van der Waals surface area contributed by atoms with Gasteiger partial charge in [-0.25, -0.2) is 0 Å². The van der Waals surface area contributed by atoms with E-state index in [1.54, 1.807) is 6.07 Å². The second-order valence-electron chi connectivity index (χ2n) is 6.91. The average molecular weight is 384 g/mol. The van der Waals surface area contributed by atoms with Gasteiger partial charge in [0.2, 0.25) is 0 Å². The van der Waals surface area contributed by atoms with Crippen LogP contribution < -0.4 is 9.47 Å². The summed E-state index contributed by atoms with van der Waals surface area (Å²) in [6.45, 7) is 7.16. The number of nitrogens with zero attached hydrogens (tertiary/aromatic N) is 2. The summed E-state index contributed by atoms with van der Waals surface area (Å²) in [6, 6.07) is 7.38. The molecule has 0 aliphatic carbocycles. The molecule has 3 heterocycles. The standard InChI is InChI=1S/C21H24N2O5/c1-14-20(26-12-16-5-3-4-6-18(16)28-15(2)24)19-17(11-22-14)13-27-21(19)23-7-9-25-10-8-23/h3-6,11,21H,7-10,12-13H2,1-2H3. The molecule has 1 aromatic carbocycles. The van der Waals surface area contributed by atoms with Crippen LogP contribution in [0.1, 0.15) is 35.5 Å². The Hall–Kier alpha value is -2.48. The van der Waals surface area contributed by atoms with E-state index in [0.29, 0.717) is 25.6 Å². The van der Waals surface area contributed by atoms with Crippen LogP contribution in [0.25, 0.3) is 0 Å². The van der Waals surface area contributed by atoms with Crippen molar-refractivity contribution in [1.82, 2.24) is 9.88 Å². The van der Waals surface area contributed by atoms with E-state index in [9.17, 15) is 4.79 Å². The highest BCUT2D eigenvalue weighted by Gasteiger charge is 2.34. The number of hydrogen-bond donors (Lipinski definition) is 0. The van der Waals surface area contributed by atoms with Gasteiger partial charge in [-0.05, 0) is 13.0 Å². The molecule has 2 aromatic rings. The lowest BCUT2D eigenvalue weighted by Gasteiger charge is -2.32. The topological polar surface area (TPSA) is 70.1 Å². The Morgan fingerprint density at radius 2 is 2.07 bits per heavy atom. The third kappa shape index (κ3) is 3.87. The molecule has 28 heavy (non-hydrogen) atoms. The Balaban J connectivity index is 1.59. The van der Waals surface area contributed by atoms with Gasteiger partial charge in [0.25, 0.3) is 0 Å². The molecule has 2 aliphatic heterocycles. The maximum absolute atomic E-state index is 11.4. The van der Waals surface area contributed by atoms with Crippen LogP contribution in [-0.2, 0) is 27.5 Å². The van der Waals surface area contributed by atoms with Crippen LogP contribution in [0.5, 0.6) is 11.5 Å². The SMILES string of the molecule is CC(=O)Oc1ccccc1COc1c(C)ncc2c1C(N1CCOCC1)OC2. The van der Waals surface area contributed by atoms with Crippen molar-refractivity contribution in [2.24, 2.45) is 0 Å². The zero-order valence-electron chi connectivity index (χ0n) is 16.1. The molecule has 0 N–H and O–H groups in total. The Bertz CT molecular complexity index is 864. The van der Waals surface area contributed by atoms with Gasteiger partial charge >= 0.3 is 5.97 Å². The number of hydrogen-bond acceptors (Lipinski definition) is 7. The first-order valence-corrected chi connectivity index (χ1v) is 9.44. The van der Waals surface area contributed by atoms with Gasteiger partial charge in [0, 0.05) is 42.9 Å². The Labute approximate surface area is 164 Å². The van der Waals surface area contributed by atoms with Crippen LogP contribution in [0.15, 0.2) is 30.5 Å². The number of carbonyl (C=O) groups is 1. The summed E-state index contributed by atoms with van der Waals surface area (Å²) in [7, 11) is 0. The highest BCUT2D eigenvalue weighted by atomic mass is 16.5. The minimum Gasteiger partial charge on any atom is -0.486 e. The van der Waals surface area contributed by atoms with E-state index in [4.69, 9.17) is 18.9 Å². The van der Waals surface area contributed by atoms with Gasteiger partial charge in [-0.15, -0.1) is 0 Å². The van der Waals surface area contributed by atoms with Crippen LogP contribution in [0.4, 0.5) is 0 Å². The first-order valence-electron chi connectivity index (χ1n) is 9.44. The molecular formula is C21H24N2O5. The Kier molecular flexibility index (Phi) is 5.57. The number of benzene rings is 1. The van der Waals surface area contributed by atoms with Crippen molar-refractivity contribution in [3.8, 4) is 11.5 Å². The molecule has 0 radical (unpaired) electrons. The van der Waals surface area contributed by atoms with Crippen molar-refractivity contribution in [2.45, 2.75) is 33.3 Å². The zero-order valence-corrected chi connectivity index (χ0v) is 16.1. The summed E-state index contributed by atoms with van der Waals surface area (Å²) >= 11 is 0. The van der Waals surface area contributed by atoms with Crippen molar-refractivity contribution in [3.05, 3.63) is 52.8 Å². The number of fused-ring (bicyclic) bond motifs is 1. The molecule has 2 aliphatic rings. The van der Waals surface area contributed by atoms with Crippen LogP contribution in [0, 0.1) is 6.92 Å². The molecule has 1 atom stereocenters. The van der Waals surface area contributed by atoms with E-state index < -0.39 is 0 Å². The maximum atomic E-state index is 11.4. The summed E-state index contributed by atoms with van der Waals surface area (Å²) < 4.78 is 23.0. The lowest BCUT2D eigenvalue weighted by molar-refractivity contribution is -0.131. The zero-order chi connectivity index (χ0) is 19.5. The van der Waals surface area contributed by atoms with Crippen LogP contribution >= 0.6 is 0 Å². The Morgan fingerprint density at radius 1 is 1.29 bits per heavy atom. The summed E-state index contributed by atoms with van der Waals surface area (Å²) in [5.41, 5.74) is 3.70. The molecule has 1 aromatic heterocycles. The number of pyridine rings is 1. The second kappa shape index (κ2) is 8.26. The van der Waals surface area contributed by atoms with E-state index in [1.807, 2.05) is 31.3 Å². The van der Waals surface area contributed by atoms with E-state index in [-0.39, 0.29) is 18.8 Å². The molecule has 1 saturated heterocycles. The van der Waals surface area contributed by atoms with Crippen molar-refractivity contribution in [2.75, 3.05) is 26.3 Å². The average Bonchev–Trinajstić information content (AvgIpc) is 3.13. The summed E-state index contributed by atoms with van der Waals surface area (Å²) in [5.74, 6) is 0.893. The number of morpholine rings is 1. The Morgan fingerprint density at radius 3 is 2.86 bits per heavy atom. The number of aryl methyl sites for hydroxylation is 1. The molecule has 7 heteroatoms. The molecular weight excluding hydrogens is 360 g/mol. The van der Waals surface area contributed by atoms with Gasteiger partial charge in [-0.3, -0.25) is 14.7 Å². The van der Waals surface area contributed by atoms with Crippen molar-refractivity contribution < 1.29 is 23.7 Å². The first-order chi connectivity index (χ1) is 13.6. The highest BCUT2D eigenvalue weighted by Crippen LogP contribution is 2.41. The largest absolute Gasteiger partial charge is 0.486 e. The molecule has 7 nitrogen and oxygen atoms in total. The lowest BCUT2D eigenvalue weighted by atomic mass is 10.1. The molecule has 1 fully saturated rings. The molecule has 1 unspecified atom stereocenters. The molecule has 0 spiro atoms. The van der Waals surface area contributed by atoms with Crippen molar-refractivity contribution in [1.29, 1.82) is 0 Å². The smallest absolute Gasteiger partial charge is 0.308 e. The summed E-state index contributed by atoms with van der Waals surface area (Å²) in [6.07, 6.45) is 1.71. The monoisotopic (exact) mass is 384 g/mol. The highest BCUT2D eigenvalue weighted by molar-refractivity contribution is 5.69. The quantitative estimate of drug-likeness (QED) is 0.580. The van der Waals surface area contributed by atoms with Gasteiger partial charge in [0.1, 0.15) is 24.3 Å². The van der Waals surface area contributed by atoms with Crippen LogP contribution in [-0.4, -0.2) is 42.2 Å². The van der Waals surface area contributed by atoms with Gasteiger partial charge in [-0.2, -0.15) is 0 Å². The number of rotatable bonds is 5. The number of para-hydroxylation sites is 1. The molecule has 0 saturated carbocycles. The minimum absolute atomic E-state index is 0.153. The van der Waals surface area contributed by atoms with Gasteiger partial charge in [0.15, 0.2) is 0 Å². The fourth-order valence-corrected chi connectivity index (χ4v) is 3.59. The number of ether oxygens (including phenoxy) is 4. The van der Waals surface area contributed by atoms with E-state index >= 15 is 0 Å². The minimum atomic E-state index is -0.355. The molecule has 0 bridgehead atoms. The lowest BCUT2D eigenvalue weighted by Crippen LogP contribution is -2.39. The fraction of sp³-hybridized carbons (Fsp3) is 0.429. The van der Waals surface area contributed by atoms with Crippen LogP contribution in [0.2, 0.25) is 0 Å². The van der Waals surface area contributed by atoms with E-state index in [1.165, 1.54) is 6.92 Å².